The number of fused-ring (bicyclic) bond motifs is 1. The highest BCUT2D eigenvalue weighted by molar-refractivity contribution is 6.17. The maximum absolute atomic E-state index is 12.5. The first-order valence-electron chi connectivity index (χ1n) is 7.19. The minimum atomic E-state index is 0.417. The fraction of sp³-hybridized carbons (Fsp3) is 0.929. The Morgan fingerprint density at radius 2 is 1.94 bits per heavy atom. The smallest absolute Gasteiger partial charge is 0.226 e. The van der Waals surface area contributed by atoms with E-state index >= 15 is 0 Å². The third-order valence-electron chi connectivity index (χ3n) is 5.02. The average molecular weight is 256 g/mol. The van der Waals surface area contributed by atoms with Crippen molar-refractivity contribution in [3.63, 3.8) is 0 Å². The predicted molar refractivity (Wildman–Crippen MR) is 69.0 cm³/mol. The molecule has 2 nitrogen and oxygen atoms in total. The SMILES string of the molecule is O=C(C1C2CCCC21)N1CCCC1CCCCl. The number of carbonyl (C=O) groups is 1. The molecule has 3 aliphatic rings. The van der Waals surface area contributed by atoms with Crippen LogP contribution in [0.4, 0.5) is 0 Å². The van der Waals surface area contributed by atoms with Gasteiger partial charge in [-0.15, -0.1) is 11.6 Å². The summed E-state index contributed by atoms with van der Waals surface area (Å²) in [6.45, 7) is 1.00. The van der Waals surface area contributed by atoms with Gasteiger partial charge in [0, 0.05) is 24.4 Å². The van der Waals surface area contributed by atoms with Crippen molar-refractivity contribution >= 4 is 17.5 Å². The molecule has 1 amide bonds. The Kier molecular flexibility index (Phi) is 3.34. The van der Waals surface area contributed by atoms with Crippen molar-refractivity contribution in [2.75, 3.05) is 12.4 Å². The van der Waals surface area contributed by atoms with Crippen molar-refractivity contribution in [3.05, 3.63) is 0 Å². The van der Waals surface area contributed by atoms with Crippen LogP contribution in [-0.2, 0) is 4.79 Å². The number of rotatable bonds is 4. The van der Waals surface area contributed by atoms with E-state index < -0.39 is 0 Å². The van der Waals surface area contributed by atoms with Gasteiger partial charge in [0.1, 0.15) is 0 Å². The maximum Gasteiger partial charge on any atom is 0.226 e. The van der Waals surface area contributed by atoms with Gasteiger partial charge in [0.15, 0.2) is 0 Å². The third kappa shape index (κ3) is 2.09. The lowest BCUT2D eigenvalue weighted by Crippen LogP contribution is -2.37. The molecule has 3 atom stereocenters. The van der Waals surface area contributed by atoms with Gasteiger partial charge in [0.25, 0.3) is 0 Å². The summed E-state index contributed by atoms with van der Waals surface area (Å²) < 4.78 is 0. The van der Waals surface area contributed by atoms with E-state index in [2.05, 4.69) is 4.90 Å². The molecule has 3 rings (SSSR count). The fourth-order valence-corrected chi connectivity index (χ4v) is 4.27. The van der Waals surface area contributed by atoms with Gasteiger partial charge in [-0.1, -0.05) is 6.42 Å². The van der Waals surface area contributed by atoms with Gasteiger partial charge >= 0.3 is 0 Å². The Morgan fingerprint density at radius 3 is 2.65 bits per heavy atom. The lowest BCUT2D eigenvalue weighted by Gasteiger charge is -2.25. The van der Waals surface area contributed by atoms with Crippen molar-refractivity contribution in [1.29, 1.82) is 0 Å². The Hall–Kier alpha value is -0.240. The minimum absolute atomic E-state index is 0.417. The first kappa shape index (κ1) is 11.8. The molecule has 0 bridgehead atoms. The maximum atomic E-state index is 12.5. The summed E-state index contributed by atoms with van der Waals surface area (Å²) in [5.74, 6) is 3.15. The largest absolute Gasteiger partial charge is 0.339 e. The molecular formula is C14H22ClNO. The molecule has 1 aliphatic heterocycles. The summed E-state index contributed by atoms with van der Waals surface area (Å²) in [6, 6.07) is 0.502. The normalized spacial score (nSPS) is 39.5. The molecule has 0 radical (unpaired) electrons. The van der Waals surface area contributed by atoms with E-state index in [1.165, 1.54) is 32.1 Å². The van der Waals surface area contributed by atoms with Crippen LogP contribution >= 0.6 is 11.6 Å². The number of alkyl halides is 1. The minimum Gasteiger partial charge on any atom is -0.339 e. The molecule has 1 saturated heterocycles. The molecule has 17 heavy (non-hydrogen) atoms. The van der Waals surface area contributed by atoms with Crippen LogP contribution in [0.25, 0.3) is 0 Å². The molecular weight excluding hydrogens is 234 g/mol. The lowest BCUT2D eigenvalue weighted by molar-refractivity contribution is -0.134. The zero-order valence-electron chi connectivity index (χ0n) is 10.4. The quantitative estimate of drug-likeness (QED) is 0.707. The third-order valence-corrected chi connectivity index (χ3v) is 5.29. The molecule has 0 aromatic rings. The summed E-state index contributed by atoms with van der Waals surface area (Å²) in [6.07, 6.45) is 8.52. The molecule has 1 heterocycles. The fourth-order valence-electron chi connectivity index (χ4n) is 4.12. The molecule has 0 aromatic carbocycles. The number of amides is 1. The lowest BCUT2D eigenvalue weighted by atomic mass is 10.1. The van der Waals surface area contributed by atoms with Crippen LogP contribution in [0.2, 0.25) is 0 Å². The van der Waals surface area contributed by atoms with E-state index in [0.717, 1.165) is 37.1 Å². The molecule has 0 N–H and O–H groups in total. The van der Waals surface area contributed by atoms with E-state index in [1.54, 1.807) is 0 Å². The van der Waals surface area contributed by atoms with Crippen molar-refractivity contribution in [2.45, 2.75) is 51.0 Å². The van der Waals surface area contributed by atoms with Crippen molar-refractivity contribution in [1.82, 2.24) is 4.90 Å². The summed E-state index contributed by atoms with van der Waals surface area (Å²) in [5, 5.41) is 0. The van der Waals surface area contributed by atoms with E-state index in [1.807, 2.05) is 0 Å². The van der Waals surface area contributed by atoms with Crippen LogP contribution in [-0.4, -0.2) is 29.3 Å². The topological polar surface area (TPSA) is 20.3 Å². The summed E-state index contributed by atoms with van der Waals surface area (Å²) in [4.78, 5) is 14.7. The molecule has 3 fully saturated rings. The van der Waals surface area contributed by atoms with E-state index in [-0.39, 0.29) is 0 Å². The van der Waals surface area contributed by atoms with Crippen LogP contribution < -0.4 is 0 Å². The van der Waals surface area contributed by atoms with Crippen LogP contribution in [0.5, 0.6) is 0 Å². The second kappa shape index (κ2) is 4.79. The molecule has 3 heteroatoms. The number of carbonyl (C=O) groups excluding carboxylic acids is 1. The number of likely N-dealkylation sites (tertiary alicyclic amines) is 1. The monoisotopic (exact) mass is 255 g/mol. The summed E-state index contributed by atoms with van der Waals surface area (Å²) in [5.41, 5.74) is 0. The van der Waals surface area contributed by atoms with Gasteiger partial charge in [-0.25, -0.2) is 0 Å². The van der Waals surface area contributed by atoms with Gasteiger partial charge in [-0.3, -0.25) is 4.79 Å². The van der Waals surface area contributed by atoms with Crippen LogP contribution in [0.15, 0.2) is 0 Å². The van der Waals surface area contributed by atoms with Crippen LogP contribution in [0.1, 0.15) is 44.9 Å². The molecule has 3 unspecified atom stereocenters. The van der Waals surface area contributed by atoms with E-state index in [4.69, 9.17) is 11.6 Å². The highest BCUT2D eigenvalue weighted by atomic mass is 35.5. The molecule has 2 aliphatic carbocycles. The summed E-state index contributed by atoms with van der Waals surface area (Å²) >= 11 is 5.76. The average Bonchev–Trinajstić information content (AvgIpc) is 2.76. The van der Waals surface area contributed by atoms with Gasteiger partial charge < -0.3 is 4.90 Å². The van der Waals surface area contributed by atoms with Gasteiger partial charge in [-0.05, 0) is 50.4 Å². The van der Waals surface area contributed by atoms with Crippen molar-refractivity contribution in [3.8, 4) is 0 Å². The van der Waals surface area contributed by atoms with Gasteiger partial charge in [0.2, 0.25) is 5.91 Å². The van der Waals surface area contributed by atoms with Gasteiger partial charge in [0.05, 0.1) is 0 Å². The van der Waals surface area contributed by atoms with Crippen LogP contribution in [0.3, 0.4) is 0 Å². The van der Waals surface area contributed by atoms with Crippen molar-refractivity contribution in [2.24, 2.45) is 17.8 Å². The number of nitrogens with zero attached hydrogens (tertiary/aromatic N) is 1. The predicted octanol–water partition coefficient (Wildman–Crippen LogP) is 3.04. The first-order chi connectivity index (χ1) is 8.33. The Balaban J connectivity index is 1.57. The molecule has 0 aromatic heterocycles. The van der Waals surface area contributed by atoms with Gasteiger partial charge in [-0.2, -0.15) is 0 Å². The second-order valence-corrected chi connectivity index (χ2v) is 6.32. The zero-order valence-corrected chi connectivity index (χ0v) is 11.2. The highest BCUT2D eigenvalue weighted by Crippen LogP contribution is 2.58. The Morgan fingerprint density at radius 1 is 1.18 bits per heavy atom. The summed E-state index contributed by atoms with van der Waals surface area (Å²) in [7, 11) is 0. The highest BCUT2D eigenvalue weighted by Gasteiger charge is 2.58. The molecule has 0 spiro atoms. The second-order valence-electron chi connectivity index (χ2n) is 5.94. The van der Waals surface area contributed by atoms with Crippen molar-refractivity contribution < 1.29 is 4.79 Å². The number of hydrogen-bond donors (Lipinski definition) is 0. The standard InChI is InChI=1S/C14H22ClNO/c15-8-2-4-10-5-3-9-16(10)14(17)13-11-6-1-7-12(11)13/h10-13H,1-9H2. The Bertz CT molecular complexity index is 297. The first-order valence-corrected chi connectivity index (χ1v) is 7.73. The molecule has 2 saturated carbocycles. The van der Waals surface area contributed by atoms with Crippen LogP contribution in [0, 0.1) is 17.8 Å². The zero-order chi connectivity index (χ0) is 11.8. The Labute approximate surface area is 109 Å². The number of halogens is 1. The van der Waals surface area contributed by atoms with E-state index in [9.17, 15) is 4.79 Å². The molecule has 96 valence electrons. The van der Waals surface area contributed by atoms with E-state index in [0.29, 0.717) is 17.9 Å². The number of hydrogen-bond acceptors (Lipinski definition) is 1.